The molecule has 0 saturated carbocycles. The summed E-state index contributed by atoms with van der Waals surface area (Å²) in [6.07, 6.45) is 2.81. The fourth-order valence-electron chi connectivity index (χ4n) is 3.17. The standard InChI is InChI=1S/C16H18FN5O/c1-2-14-20-16(21-23-14)12-7-4-8-22(12)9-13-18-11-6-3-5-10(17)15(11)19-13/h3,5-6,12H,2,4,7-9H2,1H3,(H,18,19)/t12-/m1/s1. The number of hydrogen-bond acceptors (Lipinski definition) is 5. The van der Waals surface area contributed by atoms with E-state index in [-0.39, 0.29) is 11.9 Å². The average Bonchev–Trinajstić information content (AvgIpc) is 3.25. The molecular weight excluding hydrogens is 297 g/mol. The molecule has 1 N–H and O–H groups in total. The van der Waals surface area contributed by atoms with Crippen LogP contribution in [0.4, 0.5) is 4.39 Å². The second kappa shape index (κ2) is 5.73. The first-order valence-electron chi connectivity index (χ1n) is 7.94. The summed E-state index contributed by atoms with van der Waals surface area (Å²) in [5.74, 6) is 1.87. The SMILES string of the molecule is CCc1nc([C@H]2CCCN2Cc2nc3c(F)cccc3[nH]2)no1. The molecule has 0 aliphatic carbocycles. The Morgan fingerprint density at radius 3 is 3.09 bits per heavy atom. The summed E-state index contributed by atoms with van der Waals surface area (Å²) in [7, 11) is 0. The van der Waals surface area contributed by atoms with Crippen molar-refractivity contribution in [1.29, 1.82) is 0 Å². The smallest absolute Gasteiger partial charge is 0.226 e. The summed E-state index contributed by atoms with van der Waals surface area (Å²) >= 11 is 0. The van der Waals surface area contributed by atoms with Gasteiger partial charge in [-0.15, -0.1) is 0 Å². The number of aryl methyl sites for hydroxylation is 1. The van der Waals surface area contributed by atoms with Gasteiger partial charge in [-0.3, -0.25) is 4.90 Å². The Balaban J connectivity index is 1.57. The minimum Gasteiger partial charge on any atom is -0.341 e. The van der Waals surface area contributed by atoms with Gasteiger partial charge in [0.05, 0.1) is 18.1 Å². The van der Waals surface area contributed by atoms with Crippen molar-refractivity contribution < 1.29 is 8.91 Å². The summed E-state index contributed by atoms with van der Waals surface area (Å²) in [4.78, 5) is 14.3. The van der Waals surface area contributed by atoms with E-state index in [1.807, 2.05) is 13.0 Å². The number of benzene rings is 1. The van der Waals surface area contributed by atoms with Crippen molar-refractivity contribution in [3.63, 3.8) is 0 Å². The second-order valence-corrected chi connectivity index (χ2v) is 5.85. The maximum atomic E-state index is 13.8. The van der Waals surface area contributed by atoms with E-state index in [4.69, 9.17) is 4.52 Å². The predicted octanol–water partition coefficient (Wildman–Crippen LogP) is 2.98. The highest BCUT2D eigenvalue weighted by Gasteiger charge is 2.30. The highest BCUT2D eigenvalue weighted by Crippen LogP contribution is 2.31. The number of para-hydroxylation sites is 1. The lowest BCUT2D eigenvalue weighted by molar-refractivity contribution is 0.229. The molecule has 23 heavy (non-hydrogen) atoms. The third kappa shape index (κ3) is 2.61. The van der Waals surface area contributed by atoms with E-state index in [0.717, 1.165) is 43.0 Å². The van der Waals surface area contributed by atoms with Gasteiger partial charge in [0.15, 0.2) is 11.6 Å². The van der Waals surface area contributed by atoms with E-state index in [9.17, 15) is 4.39 Å². The molecule has 0 radical (unpaired) electrons. The lowest BCUT2D eigenvalue weighted by Crippen LogP contribution is -2.24. The van der Waals surface area contributed by atoms with Gasteiger partial charge in [0, 0.05) is 6.42 Å². The van der Waals surface area contributed by atoms with E-state index in [1.54, 1.807) is 6.07 Å². The zero-order valence-corrected chi connectivity index (χ0v) is 12.9. The number of fused-ring (bicyclic) bond motifs is 1. The number of likely N-dealkylation sites (tertiary alicyclic amines) is 1. The van der Waals surface area contributed by atoms with Crippen LogP contribution < -0.4 is 0 Å². The van der Waals surface area contributed by atoms with E-state index >= 15 is 0 Å². The van der Waals surface area contributed by atoms with Crippen LogP contribution in [0.25, 0.3) is 11.0 Å². The van der Waals surface area contributed by atoms with Gasteiger partial charge in [-0.2, -0.15) is 4.98 Å². The van der Waals surface area contributed by atoms with Gasteiger partial charge in [-0.1, -0.05) is 18.1 Å². The number of aromatic nitrogens is 4. The molecule has 6 nitrogen and oxygen atoms in total. The maximum absolute atomic E-state index is 13.8. The molecule has 0 amide bonds. The zero-order chi connectivity index (χ0) is 15.8. The lowest BCUT2D eigenvalue weighted by Gasteiger charge is -2.20. The van der Waals surface area contributed by atoms with Crippen LogP contribution in [-0.4, -0.2) is 31.6 Å². The molecule has 2 aromatic heterocycles. The van der Waals surface area contributed by atoms with Gasteiger partial charge in [-0.25, -0.2) is 9.37 Å². The zero-order valence-electron chi connectivity index (χ0n) is 12.9. The van der Waals surface area contributed by atoms with Gasteiger partial charge in [0.1, 0.15) is 11.3 Å². The molecule has 1 atom stereocenters. The summed E-state index contributed by atoms with van der Waals surface area (Å²) in [5.41, 5.74) is 1.12. The average molecular weight is 315 g/mol. The van der Waals surface area contributed by atoms with Gasteiger partial charge in [-0.05, 0) is 31.5 Å². The van der Waals surface area contributed by atoms with Crippen molar-refractivity contribution in [2.45, 2.75) is 38.8 Å². The number of imidazole rings is 1. The van der Waals surface area contributed by atoms with Crippen LogP contribution in [0.15, 0.2) is 22.7 Å². The molecule has 120 valence electrons. The molecule has 1 aliphatic rings. The van der Waals surface area contributed by atoms with Crippen LogP contribution in [-0.2, 0) is 13.0 Å². The number of nitrogens with one attached hydrogen (secondary N) is 1. The molecule has 3 aromatic rings. The summed E-state index contributed by atoms with van der Waals surface area (Å²) < 4.78 is 19.0. The van der Waals surface area contributed by atoms with Crippen LogP contribution in [0, 0.1) is 5.82 Å². The third-order valence-corrected chi connectivity index (χ3v) is 4.31. The Labute approximate surface area is 132 Å². The van der Waals surface area contributed by atoms with Crippen LogP contribution in [0.2, 0.25) is 0 Å². The highest BCUT2D eigenvalue weighted by atomic mass is 19.1. The molecule has 1 saturated heterocycles. The molecule has 0 unspecified atom stereocenters. The molecule has 0 bridgehead atoms. The first-order chi connectivity index (χ1) is 11.2. The number of nitrogens with zero attached hydrogens (tertiary/aromatic N) is 4. The molecule has 7 heteroatoms. The Hall–Kier alpha value is -2.28. The van der Waals surface area contributed by atoms with Crippen LogP contribution in [0.1, 0.15) is 43.3 Å². The highest BCUT2D eigenvalue weighted by molar-refractivity contribution is 5.75. The lowest BCUT2D eigenvalue weighted by atomic mass is 10.2. The van der Waals surface area contributed by atoms with Gasteiger partial charge in [0.25, 0.3) is 0 Å². The van der Waals surface area contributed by atoms with Gasteiger partial charge in [0.2, 0.25) is 5.89 Å². The topological polar surface area (TPSA) is 70.8 Å². The minimum atomic E-state index is -0.297. The van der Waals surface area contributed by atoms with Crippen LogP contribution in [0.5, 0.6) is 0 Å². The van der Waals surface area contributed by atoms with Gasteiger partial charge >= 0.3 is 0 Å². The van der Waals surface area contributed by atoms with E-state index < -0.39 is 0 Å². The van der Waals surface area contributed by atoms with Crippen LogP contribution in [0.3, 0.4) is 0 Å². The number of rotatable bonds is 4. The van der Waals surface area contributed by atoms with E-state index in [0.29, 0.717) is 18.0 Å². The molecule has 1 fully saturated rings. The number of H-pyrrole nitrogens is 1. The Bertz CT molecular complexity index is 827. The molecule has 0 spiro atoms. The first kappa shape index (κ1) is 14.3. The largest absolute Gasteiger partial charge is 0.341 e. The summed E-state index contributed by atoms with van der Waals surface area (Å²) in [6.45, 7) is 3.56. The molecule has 3 heterocycles. The van der Waals surface area contributed by atoms with Crippen LogP contribution >= 0.6 is 0 Å². The first-order valence-corrected chi connectivity index (χ1v) is 7.94. The fourth-order valence-corrected chi connectivity index (χ4v) is 3.17. The summed E-state index contributed by atoms with van der Waals surface area (Å²) in [5, 5.41) is 4.10. The number of aromatic amines is 1. The Morgan fingerprint density at radius 1 is 1.39 bits per heavy atom. The minimum absolute atomic E-state index is 0.136. The monoisotopic (exact) mass is 315 g/mol. The molecule has 1 aromatic carbocycles. The number of halogens is 1. The second-order valence-electron chi connectivity index (χ2n) is 5.85. The van der Waals surface area contributed by atoms with Crippen molar-refractivity contribution in [2.24, 2.45) is 0 Å². The molecule has 4 rings (SSSR count). The Morgan fingerprint density at radius 2 is 2.30 bits per heavy atom. The van der Waals surface area contributed by atoms with Crippen molar-refractivity contribution in [2.75, 3.05) is 6.54 Å². The molecular formula is C16H18FN5O. The van der Waals surface area contributed by atoms with Crippen molar-refractivity contribution in [1.82, 2.24) is 25.0 Å². The fraction of sp³-hybridized carbons (Fsp3) is 0.438. The van der Waals surface area contributed by atoms with E-state index in [2.05, 4.69) is 25.0 Å². The Kier molecular flexibility index (Phi) is 3.57. The summed E-state index contributed by atoms with van der Waals surface area (Å²) in [6, 6.07) is 5.08. The van der Waals surface area contributed by atoms with Crippen molar-refractivity contribution in [3.8, 4) is 0 Å². The van der Waals surface area contributed by atoms with Gasteiger partial charge < -0.3 is 9.51 Å². The normalized spacial score (nSPS) is 19.0. The quantitative estimate of drug-likeness (QED) is 0.801. The van der Waals surface area contributed by atoms with Crippen molar-refractivity contribution >= 4 is 11.0 Å². The van der Waals surface area contributed by atoms with E-state index in [1.165, 1.54) is 6.07 Å². The number of hydrogen-bond donors (Lipinski definition) is 1. The third-order valence-electron chi connectivity index (χ3n) is 4.31. The predicted molar refractivity (Wildman–Crippen MR) is 82.1 cm³/mol. The van der Waals surface area contributed by atoms with Crippen molar-refractivity contribution in [3.05, 3.63) is 41.6 Å². The molecule has 1 aliphatic heterocycles. The maximum Gasteiger partial charge on any atom is 0.226 e.